The van der Waals surface area contributed by atoms with Gasteiger partial charge in [-0.25, -0.2) is 4.79 Å². The first kappa shape index (κ1) is 16.7. The molecule has 116 valence electrons. The van der Waals surface area contributed by atoms with Gasteiger partial charge >= 0.3 is 11.7 Å². The van der Waals surface area contributed by atoms with Crippen molar-refractivity contribution in [3.05, 3.63) is 32.1 Å². The van der Waals surface area contributed by atoms with E-state index in [1.165, 1.54) is 6.92 Å². The molecule has 1 rings (SSSR count). The lowest BCUT2D eigenvalue weighted by Gasteiger charge is -2.17. The Morgan fingerprint density at radius 3 is 2.38 bits per heavy atom. The molecule has 4 N–H and O–H groups in total. The molecule has 8 nitrogen and oxygen atoms in total. The first-order valence-corrected chi connectivity index (χ1v) is 6.56. The van der Waals surface area contributed by atoms with Crippen LogP contribution in [0.2, 0.25) is 0 Å². The average Bonchev–Trinajstić information content (AvgIpc) is 2.36. The minimum Gasteiger partial charge on any atom is -0.481 e. The van der Waals surface area contributed by atoms with Gasteiger partial charge in [0, 0.05) is 23.7 Å². The van der Waals surface area contributed by atoms with E-state index in [0.29, 0.717) is 11.3 Å². The number of rotatable bonds is 6. The van der Waals surface area contributed by atoms with Crippen molar-refractivity contribution >= 4 is 11.9 Å². The molecule has 1 aromatic heterocycles. The van der Waals surface area contributed by atoms with Gasteiger partial charge in [0.25, 0.3) is 5.56 Å². The number of aryl methyl sites for hydroxylation is 1. The number of hydrogen-bond acceptors (Lipinski definition) is 4. The third kappa shape index (κ3) is 4.59. The molecule has 8 heteroatoms. The normalized spacial score (nSPS) is 13.5. The summed E-state index contributed by atoms with van der Waals surface area (Å²) in [5.74, 6) is -2.04. The van der Waals surface area contributed by atoms with Gasteiger partial charge in [-0.15, -0.1) is 0 Å². The maximum Gasteiger partial charge on any atom is 0.325 e. The average molecular weight is 297 g/mol. The Morgan fingerprint density at radius 2 is 1.86 bits per heavy atom. The molecule has 0 saturated carbocycles. The largest absolute Gasteiger partial charge is 0.481 e. The first-order chi connectivity index (χ1) is 9.72. The molecule has 0 spiro atoms. The molecule has 21 heavy (non-hydrogen) atoms. The molecule has 0 aliphatic carbocycles. The van der Waals surface area contributed by atoms with Crippen LogP contribution in [0.5, 0.6) is 0 Å². The Morgan fingerprint density at radius 1 is 1.24 bits per heavy atom. The Bertz CT molecular complexity index is 646. The van der Waals surface area contributed by atoms with Crippen molar-refractivity contribution in [2.24, 2.45) is 5.92 Å². The summed E-state index contributed by atoms with van der Waals surface area (Å²) in [6.07, 6.45) is 0.199. The highest BCUT2D eigenvalue weighted by Gasteiger charge is 2.21. The molecule has 1 amide bonds. The van der Waals surface area contributed by atoms with Crippen molar-refractivity contribution in [1.29, 1.82) is 0 Å². The van der Waals surface area contributed by atoms with Gasteiger partial charge in [0.1, 0.15) is 0 Å². The van der Waals surface area contributed by atoms with Crippen LogP contribution in [0.3, 0.4) is 0 Å². The van der Waals surface area contributed by atoms with Crippen molar-refractivity contribution in [1.82, 2.24) is 15.3 Å². The number of aromatic nitrogens is 2. The number of carboxylic acids is 1. The Balaban J connectivity index is 2.64. The van der Waals surface area contributed by atoms with E-state index >= 15 is 0 Å². The Kier molecular flexibility index (Phi) is 5.45. The summed E-state index contributed by atoms with van der Waals surface area (Å²) >= 11 is 0. The lowest BCUT2D eigenvalue weighted by atomic mass is 10.0. The summed E-state index contributed by atoms with van der Waals surface area (Å²) in [4.78, 5) is 49.8. The predicted octanol–water partition coefficient (Wildman–Crippen LogP) is -0.470. The fourth-order valence-corrected chi connectivity index (χ4v) is 1.83. The summed E-state index contributed by atoms with van der Waals surface area (Å²) in [7, 11) is 0. The fourth-order valence-electron chi connectivity index (χ4n) is 1.83. The second-order valence-corrected chi connectivity index (χ2v) is 4.99. The summed E-state index contributed by atoms with van der Waals surface area (Å²) in [5, 5.41) is 11.4. The van der Waals surface area contributed by atoms with Crippen molar-refractivity contribution in [2.75, 3.05) is 0 Å². The number of aromatic amines is 2. The van der Waals surface area contributed by atoms with Gasteiger partial charge in [0.05, 0.1) is 5.92 Å². The monoisotopic (exact) mass is 297 g/mol. The van der Waals surface area contributed by atoms with E-state index in [2.05, 4.69) is 15.3 Å². The van der Waals surface area contributed by atoms with Crippen molar-refractivity contribution < 1.29 is 14.7 Å². The van der Waals surface area contributed by atoms with Gasteiger partial charge < -0.3 is 15.4 Å². The maximum absolute atomic E-state index is 11.8. The minimum atomic E-state index is -0.990. The van der Waals surface area contributed by atoms with Crippen LogP contribution in [-0.4, -0.2) is 33.0 Å². The van der Waals surface area contributed by atoms with Crippen LogP contribution >= 0.6 is 0 Å². The lowest BCUT2D eigenvalue weighted by molar-refractivity contribution is -0.142. The van der Waals surface area contributed by atoms with E-state index in [-0.39, 0.29) is 18.7 Å². The van der Waals surface area contributed by atoms with Crippen molar-refractivity contribution in [3.8, 4) is 0 Å². The molecule has 0 radical (unpaired) electrons. The van der Waals surface area contributed by atoms with Crippen molar-refractivity contribution in [3.63, 3.8) is 0 Å². The minimum absolute atomic E-state index is 0.0344. The van der Waals surface area contributed by atoms with Crippen LogP contribution < -0.4 is 16.6 Å². The number of hydrogen-bond donors (Lipinski definition) is 4. The van der Waals surface area contributed by atoms with Gasteiger partial charge in [0.2, 0.25) is 5.91 Å². The highest BCUT2D eigenvalue weighted by molar-refractivity contribution is 5.78. The molecule has 0 aliphatic heterocycles. The molecule has 2 atom stereocenters. The van der Waals surface area contributed by atoms with Crippen LogP contribution in [-0.2, 0) is 16.0 Å². The van der Waals surface area contributed by atoms with Crippen LogP contribution in [0.4, 0.5) is 0 Å². The van der Waals surface area contributed by atoms with E-state index in [1.807, 2.05) is 0 Å². The zero-order chi connectivity index (χ0) is 16.2. The Labute approximate surface area is 120 Å². The second-order valence-electron chi connectivity index (χ2n) is 4.99. The number of amides is 1. The molecule has 0 saturated heterocycles. The summed E-state index contributed by atoms with van der Waals surface area (Å²) < 4.78 is 0. The van der Waals surface area contributed by atoms with E-state index in [0.717, 1.165) is 0 Å². The standard InChI is InChI=1S/C13H19N3O5/c1-6(12(19)20)7(2)14-10(17)5-4-9-8(3)15-13(21)16-11(9)18/h6-7H,4-5H2,1-3H3,(H,14,17)(H,19,20)(H2,15,16,18,21). The van der Waals surface area contributed by atoms with E-state index in [4.69, 9.17) is 5.11 Å². The number of carbonyl (C=O) groups is 2. The molecule has 0 aromatic carbocycles. The molecule has 0 fully saturated rings. The van der Waals surface area contributed by atoms with Crippen molar-refractivity contribution in [2.45, 2.75) is 39.7 Å². The number of carbonyl (C=O) groups excluding carboxylic acids is 1. The number of aliphatic carboxylic acids is 1. The molecule has 2 unspecified atom stereocenters. The number of H-pyrrole nitrogens is 2. The molecule has 0 bridgehead atoms. The van der Waals surface area contributed by atoms with Gasteiger partial charge in [-0.2, -0.15) is 0 Å². The fraction of sp³-hybridized carbons (Fsp3) is 0.538. The SMILES string of the molecule is Cc1[nH]c(=O)[nH]c(=O)c1CCC(=O)NC(C)C(C)C(=O)O. The zero-order valence-corrected chi connectivity index (χ0v) is 12.1. The van der Waals surface area contributed by atoms with E-state index < -0.39 is 29.2 Å². The first-order valence-electron chi connectivity index (χ1n) is 6.56. The third-order valence-electron chi connectivity index (χ3n) is 3.39. The quantitative estimate of drug-likeness (QED) is 0.563. The highest BCUT2D eigenvalue weighted by atomic mass is 16.4. The van der Waals surface area contributed by atoms with E-state index in [9.17, 15) is 19.2 Å². The number of nitrogens with one attached hydrogen (secondary N) is 3. The van der Waals surface area contributed by atoms with Crippen LogP contribution in [0.25, 0.3) is 0 Å². The molecular formula is C13H19N3O5. The maximum atomic E-state index is 11.8. The van der Waals surface area contributed by atoms with Gasteiger partial charge in [-0.1, -0.05) is 0 Å². The third-order valence-corrected chi connectivity index (χ3v) is 3.39. The van der Waals surface area contributed by atoms with Crippen LogP contribution in [0.15, 0.2) is 9.59 Å². The van der Waals surface area contributed by atoms with Gasteiger partial charge in [0.15, 0.2) is 0 Å². The van der Waals surface area contributed by atoms with Crippen LogP contribution in [0, 0.1) is 12.8 Å². The Hall–Kier alpha value is -2.38. The predicted molar refractivity (Wildman–Crippen MR) is 75.1 cm³/mol. The van der Waals surface area contributed by atoms with Crippen LogP contribution in [0.1, 0.15) is 31.5 Å². The second kappa shape index (κ2) is 6.87. The highest BCUT2D eigenvalue weighted by Crippen LogP contribution is 2.04. The lowest BCUT2D eigenvalue weighted by Crippen LogP contribution is -2.40. The smallest absolute Gasteiger partial charge is 0.325 e. The number of carboxylic acid groups (broad SMARTS) is 1. The summed E-state index contributed by atoms with van der Waals surface area (Å²) in [6.45, 7) is 4.69. The molecule has 0 aliphatic rings. The molecular weight excluding hydrogens is 278 g/mol. The van der Waals surface area contributed by atoms with E-state index in [1.54, 1.807) is 13.8 Å². The summed E-state index contributed by atoms with van der Waals surface area (Å²) in [6, 6.07) is -0.509. The topological polar surface area (TPSA) is 132 Å². The zero-order valence-electron chi connectivity index (χ0n) is 12.1. The van der Waals surface area contributed by atoms with Gasteiger partial charge in [-0.3, -0.25) is 19.4 Å². The molecule has 1 heterocycles. The van der Waals surface area contributed by atoms with Gasteiger partial charge in [-0.05, 0) is 27.2 Å². The molecule has 1 aromatic rings. The summed E-state index contributed by atoms with van der Waals surface area (Å²) in [5.41, 5.74) is -0.349.